The second-order valence-corrected chi connectivity index (χ2v) is 10.6. The highest BCUT2D eigenvalue weighted by Gasteiger charge is 2.28. The molecule has 2 N–H and O–H groups in total. The first-order chi connectivity index (χ1) is 17.1. The number of likely N-dealkylation sites (tertiary alicyclic amines) is 1. The van der Waals surface area contributed by atoms with Gasteiger partial charge in [-0.15, -0.1) is 0 Å². The molecule has 1 fully saturated rings. The normalized spacial score (nSPS) is 15.5. The number of aromatic nitrogens is 3. The predicted octanol–water partition coefficient (Wildman–Crippen LogP) is 5.47. The summed E-state index contributed by atoms with van der Waals surface area (Å²) in [6.07, 6.45) is 2.78. The van der Waals surface area contributed by atoms with Gasteiger partial charge in [-0.05, 0) is 74.9 Å². The molecule has 0 atom stereocenters. The lowest BCUT2D eigenvalue weighted by molar-refractivity contribution is -0.136. The van der Waals surface area contributed by atoms with Gasteiger partial charge in [0.2, 0.25) is 12.3 Å². The summed E-state index contributed by atoms with van der Waals surface area (Å²) in [5, 5.41) is 10.8. The summed E-state index contributed by atoms with van der Waals surface area (Å²) in [4.78, 5) is 22.1. The fourth-order valence-electron chi connectivity index (χ4n) is 5.34. The number of fused-ring (bicyclic) bond motifs is 2. The number of carbonyl (C=O) groups excluding carboxylic acids is 1. The van der Waals surface area contributed by atoms with Crippen LogP contribution in [-0.4, -0.2) is 55.4 Å². The minimum absolute atomic E-state index is 0.0315. The van der Waals surface area contributed by atoms with E-state index in [9.17, 15) is 18.7 Å². The fraction of sp³-hybridized carbons (Fsp3) is 0.429. The van der Waals surface area contributed by atoms with Crippen molar-refractivity contribution in [3.05, 3.63) is 59.5 Å². The number of rotatable bonds is 6. The molecule has 8 heteroatoms. The van der Waals surface area contributed by atoms with E-state index < -0.39 is 12.0 Å². The number of aryl methyl sites for hydroxylation is 1. The lowest BCUT2D eigenvalue weighted by atomic mass is 9.88. The van der Waals surface area contributed by atoms with Crippen LogP contribution in [0.2, 0.25) is 0 Å². The molecule has 1 aliphatic heterocycles. The third-order valence-corrected chi connectivity index (χ3v) is 7.05. The van der Waals surface area contributed by atoms with Crippen LogP contribution in [0.3, 0.4) is 0 Å². The largest absolute Gasteiger partial charge is 0.390 e. The Labute approximate surface area is 209 Å². The Bertz CT molecular complexity index is 1410. The predicted molar refractivity (Wildman–Crippen MR) is 136 cm³/mol. The zero-order valence-corrected chi connectivity index (χ0v) is 20.9. The molecule has 1 aromatic carbocycles. The summed E-state index contributed by atoms with van der Waals surface area (Å²) in [7, 11) is 0. The maximum Gasteiger partial charge on any atom is 0.242 e. The zero-order valence-electron chi connectivity index (χ0n) is 20.9. The van der Waals surface area contributed by atoms with Crippen LogP contribution in [0.15, 0.2) is 42.7 Å². The van der Waals surface area contributed by atoms with Crippen molar-refractivity contribution in [1.29, 1.82) is 0 Å². The average Bonchev–Trinajstić information content (AvgIpc) is 3.36. The van der Waals surface area contributed by atoms with E-state index in [1.165, 1.54) is 0 Å². The van der Waals surface area contributed by atoms with Crippen molar-refractivity contribution in [1.82, 2.24) is 19.3 Å². The quantitative estimate of drug-likeness (QED) is 0.374. The van der Waals surface area contributed by atoms with Crippen LogP contribution >= 0.6 is 0 Å². The molecule has 4 aromatic rings. The van der Waals surface area contributed by atoms with E-state index in [1.54, 1.807) is 13.8 Å². The number of benzene rings is 1. The molecule has 0 bridgehead atoms. The smallest absolute Gasteiger partial charge is 0.242 e. The van der Waals surface area contributed by atoms with E-state index in [0.717, 1.165) is 46.2 Å². The van der Waals surface area contributed by atoms with E-state index in [4.69, 9.17) is 0 Å². The van der Waals surface area contributed by atoms with Crippen LogP contribution in [0.5, 0.6) is 0 Å². The van der Waals surface area contributed by atoms with E-state index in [-0.39, 0.29) is 24.7 Å². The Morgan fingerprint density at radius 3 is 2.64 bits per heavy atom. The number of H-pyrrole nitrogens is 1. The van der Waals surface area contributed by atoms with Crippen molar-refractivity contribution in [2.24, 2.45) is 0 Å². The SMILES string of the molecule is Cc1cn2cc(-c3[nH]c4ccc(C5CCN(C(=O)CC(C)(C)O)CC5)cc4c3CC(F)F)ccc2n1. The van der Waals surface area contributed by atoms with E-state index >= 15 is 0 Å². The number of amides is 1. The standard InChI is InChI=1S/C28H32F2N4O2/c1-17-15-34-16-20(5-7-25(34)31-17)27-22(13-24(29)30)21-12-19(4-6-23(21)32-27)18-8-10-33(11-9-18)26(35)14-28(2,3)36/h4-7,12,15-16,18,24,32,36H,8-11,13-14H2,1-3H3. The average molecular weight is 495 g/mol. The minimum atomic E-state index is -2.46. The number of carbonyl (C=O) groups is 1. The summed E-state index contributed by atoms with van der Waals surface area (Å²) < 4.78 is 29.3. The first kappa shape index (κ1) is 24.4. The first-order valence-electron chi connectivity index (χ1n) is 12.5. The molecule has 190 valence electrons. The summed E-state index contributed by atoms with van der Waals surface area (Å²) in [6, 6.07) is 9.91. The molecule has 0 aliphatic carbocycles. The lowest BCUT2D eigenvalue weighted by Gasteiger charge is -2.33. The molecule has 4 heterocycles. The number of piperidine rings is 1. The van der Waals surface area contributed by atoms with Gasteiger partial charge in [-0.3, -0.25) is 4.79 Å². The van der Waals surface area contributed by atoms with Gasteiger partial charge in [-0.2, -0.15) is 0 Å². The molecule has 6 nitrogen and oxygen atoms in total. The van der Waals surface area contributed by atoms with Gasteiger partial charge in [0.1, 0.15) is 5.65 Å². The Balaban J connectivity index is 1.44. The second-order valence-electron chi connectivity index (χ2n) is 10.6. The van der Waals surface area contributed by atoms with Crippen LogP contribution in [-0.2, 0) is 11.2 Å². The highest BCUT2D eigenvalue weighted by molar-refractivity contribution is 5.91. The first-order valence-corrected chi connectivity index (χ1v) is 12.5. The van der Waals surface area contributed by atoms with Crippen molar-refractivity contribution >= 4 is 22.5 Å². The van der Waals surface area contributed by atoms with E-state index in [0.29, 0.717) is 24.3 Å². The molecule has 3 aromatic heterocycles. The van der Waals surface area contributed by atoms with Gasteiger partial charge < -0.3 is 19.4 Å². The molecule has 1 aliphatic rings. The van der Waals surface area contributed by atoms with Crippen molar-refractivity contribution in [2.45, 2.75) is 64.4 Å². The maximum absolute atomic E-state index is 13.7. The van der Waals surface area contributed by atoms with E-state index in [2.05, 4.69) is 16.0 Å². The highest BCUT2D eigenvalue weighted by Crippen LogP contribution is 2.36. The van der Waals surface area contributed by atoms with Crippen LogP contribution in [0.1, 0.15) is 55.8 Å². The van der Waals surface area contributed by atoms with Crippen LogP contribution < -0.4 is 0 Å². The third-order valence-electron chi connectivity index (χ3n) is 7.05. The number of aromatic amines is 1. The molecular formula is C28H32F2N4O2. The summed E-state index contributed by atoms with van der Waals surface area (Å²) in [5.41, 5.74) is 4.81. The van der Waals surface area contributed by atoms with Gasteiger partial charge in [0.25, 0.3) is 0 Å². The topological polar surface area (TPSA) is 73.6 Å². The van der Waals surface area contributed by atoms with Crippen molar-refractivity contribution in [3.8, 4) is 11.3 Å². The Hall–Kier alpha value is -3.26. The molecule has 1 saturated heterocycles. The number of nitrogens with one attached hydrogen (secondary N) is 1. The maximum atomic E-state index is 13.7. The van der Waals surface area contributed by atoms with Crippen molar-refractivity contribution in [3.63, 3.8) is 0 Å². The monoisotopic (exact) mass is 494 g/mol. The fourth-order valence-corrected chi connectivity index (χ4v) is 5.34. The summed E-state index contributed by atoms with van der Waals surface area (Å²) >= 11 is 0. The van der Waals surface area contributed by atoms with E-state index in [1.807, 2.05) is 52.9 Å². The highest BCUT2D eigenvalue weighted by atomic mass is 19.3. The lowest BCUT2D eigenvalue weighted by Crippen LogP contribution is -2.41. The number of hydrogen-bond acceptors (Lipinski definition) is 3. The molecule has 1 amide bonds. The number of alkyl halides is 2. The van der Waals surface area contributed by atoms with Crippen molar-refractivity contribution in [2.75, 3.05) is 13.1 Å². The van der Waals surface area contributed by atoms with Gasteiger partial charge in [-0.25, -0.2) is 13.8 Å². The molecule has 36 heavy (non-hydrogen) atoms. The minimum Gasteiger partial charge on any atom is -0.390 e. The number of hydrogen-bond donors (Lipinski definition) is 2. The number of aliphatic hydroxyl groups is 1. The third kappa shape index (κ3) is 5.00. The number of halogens is 2. The zero-order chi connectivity index (χ0) is 25.6. The number of pyridine rings is 1. The summed E-state index contributed by atoms with van der Waals surface area (Å²) in [5.74, 6) is 0.222. The molecule has 0 spiro atoms. The van der Waals surface area contributed by atoms with Crippen LogP contribution in [0.4, 0.5) is 8.78 Å². The Morgan fingerprint density at radius 2 is 1.94 bits per heavy atom. The van der Waals surface area contributed by atoms with Crippen molar-refractivity contribution < 1.29 is 18.7 Å². The number of nitrogens with zero attached hydrogens (tertiary/aromatic N) is 3. The summed E-state index contributed by atoms with van der Waals surface area (Å²) in [6.45, 7) is 6.47. The molecule has 0 radical (unpaired) electrons. The molecule has 5 rings (SSSR count). The molecular weight excluding hydrogens is 462 g/mol. The Kier molecular flexibility index (Phi) is 6.32. The Morgan fingerprint density at radius 1 is 1.19 bits per heavy atom. The van der Waals surface area contributed by atoms with Gasteiger partial charge in [0, 0.05) is 48.4 Å². The van der Waals surface area contributed by atoms with Gasteiger partial charge >= 0.3 is 0 Å². The van der Waals surface area contributed by atoms with Crippen LogP contribution in [0, 0.1) is 6.92 Å². The van der Waals surface area contributed by atoms with Crippen LogP contribution in [0.25, 0.3) is 27.8 Å². The molecule has 0 saturated carbocycles. The van der Waals surface area contributed by atoms with Gasteiger partial charge in [0.05, 0.1) is 23.4 Å². The number of imidazole rings is 1. The second kappa shape index (κ2) is 9.32. The molecule has 0 unspecified atom stereocenters. The van der Waals surface area contributed by atoms with Gasteiger partial charge in [0.15, 0.2) is 0 Å². The van der Waals surface area contributed by atoms with Gasteiger partial charge in [-0.1, -0.05) is 6.07 Å².